The average molecular weight is 283 g/mol. The molecule has 0 aliphatic carbocycles. The highest BCUT2D eigenvalue weighted by Crippen LogP contribution is 2.32. The predicted octanol–water partition coefficient (Wildman–Crippen LogP) is 3.25. The molecule has 0 saturated carbocycles. The van der Waals surface area contributed by atoms with Crippen LogP contribution < -0.4 is 0 Å². The maximum atomic E-state index is 6.18. The second kappa shape index (κ2) is 5.38. The summed E-state index contributed by atoms with van der Waals surface area (Å²) >= 11 is 7.90. The van der Waals surface area contributed by atoms with E-state index in [-0.39, 0.29) is 0 Å². The number of hydrogen-bond donors (Lipinski definition) is 1. The van der Waals surface area contributed by atoms with Gasteiger partial charge < -0.3 is 0 Å². The van der Waals surface area contributed by atoms with E-state index in [1.807, 2.05) is 11.4 Å². The number of aromatic nitrogens is 3. The molecule has 0 spiro atoms. The summed E-state index contributed by atoms with van der Waals surface area (Å²) in [5, 5.41) is 9.88. The van der Waals surface area contributed by atoms with Crippen molar-refractivity contribution in [3.05, 3.63) is 33.5 Å². The number of rotatable bonds is 3. The lowest BCUT2D eigenvalue weighted by Gasteiger charge is -2.33. The number of likely N-dealkylation sites (tertiary alicyclic amines) is 1. The van der Waals surface area contributed by atoms with Crippen molar-refractivity contribution in [1.82, 2.24) is 20.1 Å². The molecule has 96 valence electrons. The van der Waals surface area contributed by atoms with Gasteiger partial charge in [0.25, 0.3) is 0 Å². The van der Waals surface area contributed by atoms with Gasteiger partial charge in [0.15, 0.2) is 0 Å². The summed E-state index contributed by atoms with van der Waals surface area (Å²) in [6.45, 7) is 2.00. The van der Waals surface area contributed by atoms with E-state index in [1.54, 1.807) is 17.7 Å². The molecule has 1 aliphatic rings. The molecule has 0 unspecified atom stereocenters. The predicted molar refractivity (Wildman–Crippen MR) is 72.7 cm³/mol. The molecule has 6 heteroatoms. The Balaban J connectivity index is 1.78. The zero-order chi connectivity index (χ0) is 12.4. The molecule has 0 aromatic carbocycles. The van der Waals surface area contributed by atoms with Crippen molar-refractivity contribution in [1.29, 1.82) is 0 Å². The van der Waals surface area contributed by atoms with E-state index in [9.17, 15) is 0 Å². The van der Waals surface area contributed by atoms with Crippen LogP contribution >= 0.6 is 22.9 Å². The molecular weight excluding hydrogens is 268 g/mol. The molecule has 1 fully saturated rings. The van der Waals surface area contributed by atoms with Gasteiger partial charge in [-0.15, -0.1) is 11.3 Å². The molecule has 1 saturated heterocycles. The fraction of sp³-hybridized carbons (Fsp3) is 0.500. The zero-order valence-electron chi connectivity index (χ0n) is 9.97. The quantitative estimate of drug-likeness (QED) is 0.940. The number of piperidine rings is 1. The average Bonchev–Trinajstić information content (AvgIpc) is 3.03. The number of halogens is 1. The van der Waals surface area contributed by atoms with Crippen molar-refractivity contribution < 1.29 is 0 Å². The Bertz CT molecular complexity index is 496. The molecule has 3 heterocycles. The Morgan fingerprint density at radius 2 is 2.44 bits per heavy atom. The molecule has 1 atom stereocenters. The summed E-state index contributed by atoms with van der Waals surface area (Å²) < 4.78 is 0. The summed E-state index contributed by atoms with van der Waals surface area (Å²) in [5.41, 5.74) is 0. The summed E-state index contributed by atoms with van der Waals surface area (Å²) in [6, 6.07) is 2.31. The first-order valence-corrected chi connectivity index (χ1v) is 7.41. The van der Waals surface area contributed by atoms with Crippen molar-refractivity contribution in [3.8, 4) is 0 Å². The largest absolute Gasteiger partial charge is 0.288 e. The Labute approximate surface area is 115 Å². The number of thiophene rings is 1. The molecular formula is C12H15ClN4S. The SMILES string of the molecule is Clc1ccsc1CN1CCCC[C@H]1c1ncn[nH]1. The maximum Gasteiger partial charge on any atom is 0.141 e. The molecule has 2 aromatic heterocycles. The fourth-order valence-electron chi connectivity index (χ4n) is 2.49. The van der Waals surface area contributed by atoms with Gasteiger partial charge in [-0.05, 0) is 30.8 Å². The van der Waals surface area contributed by atoms with Crippen LogP contribution in [-0.4, -0.2) is 26.6 Å². The van der Waals surface area contributed by atoms with Crippen LogP contribution in [0.1, 0.15) is 36.0 Å². The van der Waals surface area contributed by atoms with E-state index in [2.05, 4.69) is 20.1 Å². The van der Waals surface area contributed by atoms with Gasteiger partial charge in [-0.25, -0.2) is 4.98 Å². The lowest BCUT2D eigenvalue weighted by molar-refractivity contribution is 0.135. The Morgan fingerprint density at radius 1 is 1.50 bits per heavy atom. The topological polar surface area (TPSA) is 44.8 Å². The van der Waals surface area contributed by atoms with Gasteiger partial charge in [0.2, 0.25) is 0 Å². The third-order valence-electron chi connectivity index (χ3n) is 3.40. The summed E-state index contributed by atoms with van der Waals surface area (Å²) in [5.74, 6) is 0.974. The van der Waals surface area contributed by atoms with E-state index < -0.39 is 0 Å². The van der Waals surface area contributed by atoms with Gasteiger partial charge in [-0.2, -0.15) is 5.10 Å². The smallest absolute Gasteiger partial charge is 0.141 e. The summed E-state index contributed by atoms with van der Waals surface area (Å²) in [4.78, 5) is 7.99. The van der Waals surface area contributed by atoms with Crippen LogP contribution in [0, 0.1) is 0 Å². The van der Waals surface area contributed by atoms with Crippen LogP contribution in [0.4, 0.5) is 0 Å². The van der Waals surface area contributed by atoms with Crippen molar-refractivity contribution >= 4 is 22.9 Å². The second-order valence-corrected chi connectivity index (χ2v) is 5.95. The van der Waals surface area contributed by atoms with Crippen molar-refractivity contribution in [2.75, 3.05) is 6.54 Å². The van der Waals surface area contributed by atoms with Gasteiger partial charge in [-0.1, -0.05) is 18.0 Å². The van der Waals surface area contributed by atoms with Gasteiger partial charge in [-0.3, -0.25) is 10.00 Å². The number of nitrogens with zero attached hydrogens (tertiary/aromatic N) is 3. The van der Waals surface area contributed by atoms with E-state index >= 15 is 0 Å². The highest BCUT2D eigenvalue weighted by molar-refractivity contribution is 7.10. The normalized spacial score (nSPS) is 21.3. The standard InChI is InChI=1S/C12H15ClN4S/c13-9-4-6-18-11(9)7-17-5-2-1-3-10(17)12-14-8-15-16-12/h4,6,8,10H,1-3,5,7H2,(H,14,15,16)/t10-/m0/s1. The zero-order valence-corrected chi connectivity index (χ0v) is 11.5. The second-order valence-electron chi connectivity index (χ2n) is 4.54. The molecule has 4 nitrogen and oxygen atoms in total. The van der Waals surface area contributed by atoms with Gasteiger partial charge in [0.1, 0.15) is 12.2 Å². The third kappa shape index (κ3) is 2.43. The van der Waals surface area contributed by atoms with Crippen LogP contribution in [0.5, 0.6) is 0 Å². The van der Waals surface area contributed by atoms with Gasteiger partial charge in [0, 0.05) is 11.4 Å². The third-order valence-corrected chi connectivity index (χ3v) is 4.77. The van der Waals surface area contributed by atoms with Crippen molar-refractivity contribution in [3.63, 3.8) is 0 Å². The number of hydrogen-bond acceptors (Lipinski definition) is 4. The number of aromatic amines is 1. The Morgan fingerprint density at radius 3 is 3.17 bits per heavy atom. The van der Waals surface area contributed by atoms with Gasteiger partial charge >= 0.3 is 0 Å². The number of H-pyrrole nitrogens is 1. The Kier molecular flexibility index (Phi) is 3.63. The van der Waals surface area contributed by atoms with Gasteiger partial charge in [0.05, 0.1) is 11.1 Å². The minimum atomic E-state index is 0.347. The number of nitrogens with one attached hydrogen (secondary N) is 1. The van der Waals surface area contributed by atoms with Crippen molar-refractivity contribution in [2.45, 2.75) is 31.8 Å². The van der Waals surface area contributed by atoms with E-state index in [0.29, 0.717) is 6.04 Å². The minimum Gasteiger partial charge on any atom is -0.288 e. The Hall–Kier alpha value is -0.910. The summed E-state index contributed by atoms with van der Waals surface area (Å²) in [6.07, 6.45) is 5.21. The van der Waals surface area contributed by atoms with Crippen LogP contribution in [-0.2, 0) is 6.54 Å². The lowest BCUT2D eigenvalue weighted by atomic mass is 10.0. The molecule has 1 aliphatic heterocycles. The van der Waals surface area contributed by atoms with E-state index in [0.717, 1.165) is 30.4 Å². The molecule has 0 radical (unpaired) electrons. The van der Waals surface area contributed by atoms with Crippen LogP contribution in [0.2, 0.25) is 5.02 Å². The van der Waals surface area contributed by atoms with Crippen LogP contribution in [0.15, 0.2) is 17.8 Å². The van der Waals surface area contributed by atoms with E-state index in [1.165, 1.54) is 17.7 Å². The lowest BCUT2D eigenvalue weighted by Crippen LogP contribution is -2.33. The van der Waals surface area contributed by atoms with Crippen molar-refractivity contribution in [2.24, 2.45) is 0 Å². The summed E-state index contributed by atoms with van der Waals surface area (Å²) in [7, 11) is 0. The monoisotopic (exact) mass is 282 g/mol. The van der Waals surface area contributed by atoms with Crippen LogP contribution in [0.3, 0.4) is 0 Å². The highest BCUT2D eigenvalue weighted by Gasteiger charge is 2.26. The van der Waals surface area contributed by atoms with Crippen LogP contribution in [0.25, 0.3) is 0 Å². The fourth-order valence-corrected chi connectivity index (χ4v) is 3.61. The maximum absolute atomic E-state index is 6.18. The first-order chi connectivity index (χ1) is 8.84. The highest BCUT2D eigenvalue weighted by atomic mass is 35.5. The van der Waals surface area contributed by atoms with E-state index in [4.69, 9.17) is 11.6 Å². The first kappa shape index (κ1) is 12.1. The molecule has 0 bridgehead atoms. The molecule has 1 N–H and O–H groups in total. The molecule has 2 aromatic rings. The molecule has 0 amide bonds. The molecule has 18 heavy (non-hydrogen) atoms. The minimum absolute atomic E-state index is 0.347. The molecule has 3 rings (SSSR count). The first-order valence-electron chi connectivity index (χ1n) is 6.16.